The van der Waals surface area contributed by atoms with Crippen molar-refractivity contribution in [3.05, 3.63) is 35.2 Å². The van der Waals surface area contributed by atoms with E-state index in [4.69, 9.17) is 5.73 Å². The Morgan fingerprint density at radius 3 is 2.71 bits per heavy atom. The summed E-state index contributed by atoms with van der Waals surface area (Å²) in [4.78, 5) is 0. The minimum Gasteiger partial charge on any atom is -0.323 e. The predicted octanol–water partition coefficient (Wildman–Crippen LogP) is 4.48. The molecule has 1 aliphatic rings. The topological polar surface area (TPSA) is 26.0 Å². The van der Waals surface area contributed by atoms with Gasteiger partial charge < -0.3 is 5.73 Å². The van der Waals surface area contributed by atoms with Crippen molar-refractivity contribution in [2.24, 2.45) is 11.1 Å². The molecular formula is C15H19NS. The molecule has 17 heavy (non-hydrogen) atoms. The van der Waals surface area contributed by atoms with Crippen molar-refractivity contribution < 1.29 is 0 Å². The van der Waals surface area contributed by atoms with Gasteiger partial charge in [0.1, 0.15) is 0 Å². The quantitative estimate of drug-likeness (QED) is 0.829. The zero-order chi connectivity index (χ0) is 11.9. The largest absolute Gasteiger partial charge is 0.323 e. The number of rotatable bonds is 2. The minimum absolute atomic E-state index is 0.196. The Morgan fingerprint density at radius 1 is 1.24 bits per heavy atom. The second-order valence-corrected chi connectivity index (χ2v) is 6.44. The standard InChI is InChI=1S/C15H19NS/c1-15(8-4-5-9-15)14(16)12-10-17-13-7-3-2-6-11(12)13/h2-3,6-7,10,14H,4-5,8-9,16H2,1H3. The molecule has 1 aromatic heterocycles. The highest BCUT2D eigenvalue weighted by Gasteiger charge is 2.36. The van der Waals surface area contributed by atoms with Crippen molar-refractivity contribution in [1.82, 2.24) is 0 Å². The molecule has 0 radical (unpaired) electrons. The molecule has 0 aliphatic heterocycles. The molecule has 1 atom stereocenters. The van der Waals surface area contributed by atoms with E-state index in [0.717, 1.165) is 0 Å². The highest BCUT2D eigenvalue weighted by atomic mass is 32.1. The SMILES string of the molecule is CC1(C(N)c2csc3ccccc23)CCCC1. The van der Waals surface area contributed by atoms with E-state index in [2.05, 4.69) is 36.6 Å². The van der Waals surface area contributed by atoms with Crippen LogP contribution < -0.4 is 5.73 Å². The van der Waals surface area contributed by atoms with Crippen LogP contribution in [0.3, 0.4) is 0 Å². The van der Waals surface area contributed by atoms with Crippen molar-refractivity contribution in [2.75, 3.05) is 0 Å². The Balaban J connectivity index is 2.03. The van der Waals surface area contributed by atoms with Crippen LogP contribution in [0.15, 0.2) is 29.6 Å². The van der Waals surface area contributed by atoms with Gasteiger partial charge in [-0.2, -0.15) is 0 Å². The molecule has 1 nitrogen and oxygen atoms in total. The first-order chi connectivity index (χ1) is 8.21. The average molecular weight is 245 g/mol. The van der Waals surface area contributed by atoms with Crippen molar-refractivity contribution in [1.29, 1.82) is 0 Å². The van der Waals surface area contributed by atoms with Gasteiger partial charge in [-0.15, -0.1) is 11.3 Å². The van der Waals surface area contributed by atoms with E-state index >= 15 is 0 Å². The lowest BCUT2D eigenvalue weighted by molar-refractivity contribution is 0.267. The molecule has 0 saturated heterocycles. The van der Waals surface area contributed by atoms with E-state index in [1.165, 1.54) is 41.3 Å². The number of thiophene rings is 1. The number of hydrogen-bond donors (Lipinski definition) is 1. The van der Waals surface area contributed by atoms with Gasteiger partial charge in [0.2, 0.25) is 0 Å². The van der Waals surface area contributed by atoms with Crippen LogP contribution in [0.5, 0.6) is 0 Å². The van der Waals surface area contributed by atoms with E-state index in [1.54, 1.807) is 0 Å². The van der Waals surface area contributed by atoms with Gasteiger partial charge in [0.05, 0.1) is 0 Å². The summed E-state index contributed by atoms with van der Waals surface area (Å²) in [6, 6.07) is 8.81. The summed E-state index contributed by atoms with van der Waals surface area (Å²) in [5.74, 6) is 0. The number of fused-ring (bicyclic) bond motifs is 1. The maximum atomic E-state index is 6.55. The van der Waals surface area contributed by atoms with Crippen LogP contribution >= 0.6 is 11.3 Å². The molecule has 2 heteroatoms. The van der Waals surface area contributed by atoms with E-state index in [-0.39, 0.29) is 6.04 Å². The van der Waals surface area contributed by atoms with Crippen LogP contribution in [-0.4, -0.2) is 0 Å². The molecule has 0 spiro atoms. The van der Waals surface area contributed by atoms with Crippen LogP contribution in [0, 0.1) is 5.41 Å². The third kappa shape index (κ3) is 1.80. The molecule has 1 saturated carbocycles. The molecule has 1 fully saturated rings. The molecule has 2 N–H and O–H groups in total. The Kier molecular flexibility index (Phi) is 2.72. The number of nitrogens with two attached hydrogens (primary N) is 1. The fraction of sp³-hybridized carbons (Fsp3) is 0.467. The summed E-state index contributed by atoms with van der Waals surface area (Å²) in [6.07, 6.45) is 5.23. The summed E-state index contributed by atoms with van der Waals surface area (Å²) in [7, 11) is 0. The van der Waals surface area contributed by atoms with Crippen molar-refractivity contribution >= 4 is 21.4 Å². The van der Waals surface area contributed by atoms with E-state index in [9.17, 15) is 0 Å². The first kappa shape index (κ1) is 11.2. The highest BCUT2D eigenvalue weighted by Crippen LogP contribution is 2.47. The van der Waals surface area contributed by atoms with Gasteiger partial charge in [0.15, 0.2) is 0 Å². The van der Waals surface area contributed by atoms with Gasteiger partial charge in [-0.1, -0.05) is 38.0 Å². The molecule has 90 valence electrons. The van der Waals surface area contributed by atoms with Crippen LogP contribution in [0.4, 0.5) is 0 Å². The summed E-state index contributed by atoms with van der Waals surface area (Å²) in [5.41, 5.74) is 8.22. The normalized spacial score (nSPS) is 20.8. The first-order valence-corrected chi connectivity index (χ1v) is 7.30. The third-order valence-electron chi connectivity index (χ3n) is 4.34. The molecule has 1 heterocycles. The second-order valence-electron chi connectivity index (χ2n) is 5.53. The van der Waals surface area contributed by atoms with Crippen LogP contribution in [0.2, 0.25) is 0 Å². The van der Waals surface area contributed by atoms with Gasteiger partial charge in [0, 0.05) is 10.7 Å². The Morgan fingerprint density at radius 2 is 1.94 bits per heavy atom. The lowest BCUT2D eigenvalue weighted by Gasteiger charge is -2.31. The van der Waals surface area contributed by atoms with Gasteiger partial charge >= 0.3 is 0 Å². The summed E-state index contributed by atoms with van der Waals surface area (Å²) in [5, 5.41) is 3.62. The molecule has 2 aromatic rings. The molecule has 1 aromatic carbocycles. The third-order valence-corrected chi connectivity index (χ3v) is 5.32. The van der Waals surface area contributed by atoms with E-state index in [1.807, 2.05) is 11.3 Å². The van der Waals surface area contributed by atoms with E-state index in [0.29, 0.717) is 5.41 Å². The molecule has 0 bridgehead atoms. The monoisotopic (exact) mass is 245 g/mol. The molecular weight excluding hydrogens is 226 g/mol. The maximum absolute atomic E-state index is 6.55. The summed E-state index contributed by atoms with van der Waals surface area (Å²) >= 11 is 1.82. The van der Waals surface area contributed by atoms with Gasteiger partial charge in [0.25, 0.3) is 0 Å². The molecule has 1 unspecified atom stereocenters. The molecule has 0 amide bonds. The smallest absolute Gasteiger partial charge is 0.0363 e. The van der Waals surface area contributed by atoms with Crippen LogP contribution in [-0.2, 0) is 0 Å². The van der Waals surface area contributed by atoms with Gasteiger partial charge in [-0.25, -0.2) is 0 Å². The second kappa shape index (κ2) is 4.11. The fourth-order valence-corrected chi connectivity index (χ4v) is 4.11. The van der Waals surface area contributed by atoms with Crippen molar-refractivity contribution in [3.63, 3.8) is 0 Å². The Labute approximate surface area is 107 Å². The first-order valence-electron chi connectivity index (χ1n) is 6.42. The highest BCUT2D eigenvalue weighted by molar-refractivity contribution is 7.17. The van der Waals surface area contributed by atoms with Crippen molar-refractivity contribution in [2.45, 2.75) is 38.6 Å². The lowest BCUT2D eigenvalue weighted by Crippen LogP contribution is -2.29. The van der Waals surface area contributed by atoms with Gasteiger partial charge in [-0.05, 0) is 40.7 Å². The summed E-state index contributed by atoms with van der Waals surface area (Å²) < 4.78 is 1.36. The molecule has 3 rings (SSSR count). The van der Waals surface area contributed by atoms with E-state index < -0.39 is 0 Å². The minimum atomic E-state index is 0.196. The number of hydrogen-bond acceptors (Lipinski definition) is 2. The average Bonchev–Trinajstić information content (AvgIpc) is 2.95. The summed E-state index contributed by atoms with van der Waals surface area (Å²) in [6.45, 7) is 2.36. The van der Waals surface area contributed by atoms with Crippen molar-refractivity contribution in [3.8, 4) is 0 Å². The van der Waals surface area contributed by atoms with Gasteiger partial charge in [-0.3, -0.25) is 0 Å². The van der Waals surface area contributed by atoms with Crippen LogP contribution in [0.1, 0.15) is 44.2 Å². The molecule has 1 aliphatic carbocycles. The Bertz CT molecular complexity index is 522. The number of benzene rings is 1. The predicted molar refractivity (Wildman–Crippen MR) is 75.3 cm³/mol. The fourth-order valence-electron chi connectivity index (χ4n) is 3.11. The van der Waals surface area contributed by atoms with Crippen LogP contribution in [0.25, 0.3) is 10.1 Å². The Hall–Kier alpha value is -0.860. The maximum Gasteiger partial charge on any atom is 0.0363 e. The zero-order valence-electron chi connectivity index (χ0n) is 10.3. The lowest BCUT2D eigenvalue weighted by atomic mass is 9.78. The zero-order valence-corrected chi connectivity index (χ0v) is 11.1.